The molecule has 0 radical (unpaired) electrons. The van der Waals surface area contributed by atoms with E-state index in [1.54, 1.807) is 30.3 Å². The molecule has 2 aliphatic heterocycles. The summed E-state index contributed by atoms with van der Waals surface area (Å²) in [6, 6.07) is 10.4. The minimum atomic E-state index is -1.92. The van der Waals surface area contributed by atoms with Crippen molar-refractivity contribution in [1.29, 1.82) is 0 Å². The summed E-state index contributed by atoms with van der Waals surface area (Å²) in [6.45, 7) is 2.95. The number of alkyl halides is 1. The van der Waals surface area contributed by atoms with E-state index in [-0.39, 0.29) is 36.1 Å². The third-order valence-corrected chi connectivity index (χ3v) is 8.26. The van der Waals surface area contributed by atoms with Gasteiger partial charge >= 0.3 is 0 Å². The van der Waals surface area contributed by atoms with Gasteiger partial charge in [0.15, 0.2) is 6.17 Å². The SMILES string of the molecule is C/C(=C\c1ccc(O[C@@H]2O[C@H](/C(C)=N/OCc3ccccc3Cl)[C@@H](O)[C@@H]2F)c(N)c1)C(=O)N[C@@H]1[C@H](O)[C@@H](O)[C@H]2OCO[C@H]2[C@@H]1O. The van der Waals surface area contributed by atoms with Crippen LogP contribution in [-0.4, -0.2) is 100 Å². The molecule has 3 aliphatic rings. The van der Waals surface area contributed by atoms with Crippen molar-refractivity contribution in [2.24, 2.45) is 5.16 Å². The molecule has 3 fully saturated rings. The van der Waals surface area contributed by atoms with E-state index in [4.69, 9.17) is 41.1 Å². The molecular weight excluding hydrogens is 617 g/mol. The largest absolute Gasteiger partial charge is 0.459 e. The molecule has 2 saturated heterocycles. The predicted molar refractivity (Wildman–Crippen MR) is 159 cm³/mol. The lowest BCUT2D eigenvalue weighted by molar-refractivity contribution is -0.155. The minimum absolute atomic E-state index is 0.0656. The Morgan fingerprint density at radius 3 is 2.51 bits per heavy atom. The van der Waals surface area contributed by atoms with Crippen LogP contribution in [-0.2, 0) is 30.4 Å². The van der Waals surface area contributed by atoms with Gasteiger partial charge in [0.05, 0.1) is 17.4 Å². The molecule has 7 N–H and O–H groups in total. The number of hydrogen-bond donors (Lipinski definition) is 6. The first kappa shape index (κ1) is 33.0. The maximum Gasteiger partial charge on any atom is 0.247 e. The Hall–Kier alpha value is -3.34. The average Bonchev–Trinajstić information content (AvgIpc) is 3.62. The fourth-order valence-corrected chi connectivity index (χ4v) is 5.55. The molecule has 0 aromatic heterocycles. The number of nitrogen functional groups attached to an aromatic ring is 1. The van der Waals surface area contributed by atoms with Crippen LogP contribution in [0.3, 0.4) is 0 Å². The van der Waals surface area contributed by atoms with Gasteiger partial charge in [-0.15, -0.1) is 0 Å². The van der Waals surface area contributed by atoms with Crippen molar-refractivity contribution in [3.63, 3.8) is 0 Å². The molecular formula is C30H35ClFN3O10. The first-order chi connectivity index (χ1) is 21.5. The quantitative estimate of drug-likeness (QED) is 0.0982. The van der Waals surface area contributed by atoms with Crippen LogP contribution in [0.5, 0.6) is 5.75 Å². The smallest absolute Gasteiger partial charge is 0.247 e. The molecule has 1 amide bonds. The van der Waals surface area contributed by atoms with Crippen molar-refractivity contribution in [3.05, 3.63) is 64.2 Å². The van der Waals surface area contributed by atoms with Gasteiger partial charge in [0, 0.05) is 16.2 Å². The van der Waals surface area contributed by atoms with Gasteiger partial charge < -0.3 is 55.3 Å². The first-order valence-electron chi connectivity index (χ1n) is 14.2. The van der Waals surface area contributed by atoms with Gasteiger partial charge in [-0.05, 0) is 43.7 Å². The van der Waals surface area contributed by atoms with E-state index >= 15 is 0 Å². The summed E-state index contributed by atoms with van der Waals surface area (Å²) in [5.41, 5.74) is 7.82. The highest BCUT2D eigenvalue weighted by Gasteiger charge is 2.53. The van der Waals surface area contributed by atoms with E-state index in [2.05, 4.69) is 10.5 Å². The number of anilines is 1. The van der Waals surface area contributed by atoms with Crippen molar-refractivity contribution in [3.8, 4) is 5.75 Å². The summed E-state index contributed by atoms with van der Waals surface area (Å²) in [5, 5.41) is 48.8. The minimum Gasteiger partial charge on any atom is -0.459 e. The van der Waals surface area contributed by atoms with Crippen LogP contribution in [0.2, 0.25) is 5.02 Å². The highest BCUT2D eigenvalue weighted by Crippen LogP contribution is 2.32. The summed E-state index contributed by atoms with van der Waals surface area (Å²) in [5.74, 6) is -0.538. The number of carbonyl (C=O) groups excluding carboxylic acids is 1. The normalized spacial score (nSPS) is 33.5. The standard InChI is InChI=1S/C30H35ClFN3O10/c1-13(29(40)34-21-23(37)25(39)28-27(24(21)38)41-12-42-28)9-15-7-8-19(18(33)10-15)44-30-20(32)22(36)26(45-30)14(2)35-43-11-16-5-3-4-6-17(16)31/h3-10,20-28,30,36-39H,11-12,33H2,1-2H3,(H,34,40)/b13-9+,35-14+/t20-,21+,22-,23-,24+,25+,26+,27-,28+,30+/m0/s1. The van der Waals surface area contributed by atoms with E-state index in [1.165, 1.54) is 32.1 Å². The lowest BCUT2D eigenvalue weighted by atomic mass is 9.83. The Balaban J connectivity index is 1.18. The van der Waals surface area contributed by atoms with E-state index in [1.807, 2.05) is 0 Å². The number of aliphatic hydroxyl groups is 4. The van der Waals surface area contributed by atoms with Crippen LogP contribution < -0.4 is 15.8 Å². The molecule has 2 aromatic carbocycles. The monoisotopic (exact) mass is 651 g/mol. The lowest BCUT2D eigenvalue weighted by Gasteiger charge is -2.41. The summed E-state index contributed by atoms with van der Waals surface area (Å²) >= 11 is 6.11. The molecule has 15 heteroatoms. The number of nitrogens with zero attached hydrogens (tertiary/aromatic N) is 1. The van der Waals surface area contributed by atoms with Crippen molar-refractivity contribution in [2.75, 3.05) is 12.5 Å². The number of nitrogens with one attached hydrogen (secondary N) is 1. The molecule has 10 atom stereocenters. The number of benzene rings is 2. The Kier molecular flexibility index (Phi) is 10.3. The third kappa shape index (κ3) is 7.08. The highest BCUT2D eigenvalue weighted by molar-refractivity contribution is 6.31. The van der Waals surface area contributed by atoms with Gasteiger partial charge in [-0.3, -0.25) is 4.79 Å². The van der Waals surface area contributed by atoms with Gasteiger partial charge in [0.2, 0.25) is 12.2 Å². The molecule has 1 saturated carbocycles. The van der Waals surface area contributed by atoms with Crippen LogP contribution in [0.4, 0.5) is 10.1 Å². The molecule has 244 valence electrons. The molecule has 0 unspecified atom stereocenters. The summed E-state index contributed by atoms with van der Waals surface area (Å²) in [6.07, 6.45) is -10.6. The Morgan fingerprint density at radius 2 is 1.80 bits per heavy atom. The number of fused-ring (bicyclic) bond motifs is 1. The number of nitrogens with two attached hydrogens (primary N) is 1. The van der Waals surface area contributed by atoms with Crippen LogP contribution in [0.25, 0.3) is 6.08 Å². The van der Waals surface area contributed by atoms with Crippen LogP contribution >= 0.6 is 11.6 Å². The van der Waals surface area contributed by atoms with Crippen molar-refractivity contribution >= 4 is 35.0 Å². The van der Waals surface area contributed by atoms with Crippen LogP contribution in [0.1, 0.15) is 25.0 Å². The number of aliphatic hydroxyl groups excluding tert-OH is 4. The van der Waals surface area contributed by atoms with E-state index in [9.17, 15) is 29.6 Å². The number of hydrogen-bond acceptors (Lipinski definition) is 12. The van der Waals surface area contributed by atoms with Gasteiger partial charge in [0.25, 0.3) is 0 Å². The molecule has 1 aliphatic carbocycles. The fourth-order valence-electron chi connectivity index (χ4n) is 5.36. The Labute approximate surface area is 262 Å². The fraction of sp³-hybridized carbons (Fsp3) is 0.467. The van der Waals surface area contributed by atoms with Crippen molar-refractivity contribution in [1.82, 2.24) is 5.32 Å². The average molecular weight is 652 g/mol. The summed E-state index contributed by atoms with van der Waals surface area (Å²) < 4.78 is 36.7. The zero-order valence-electron chi connectivity index (χ0n) is 24.3. The number of halogens is 2. The second-order valence-corrected chi connectivity index (χ2v) is 11.5. The molecule has 2 heterocycles. The molecule has 13 nitrogen and oxygen atoms in total. The van der Waals surface area contributed by atoms with Crippen LogP contribution in [0, 0.1) is 0 Å². The van der Waals surface area contributed by atoms with Gasteiger partial charge in [-0.25, -0.2) is 4.39 Å². The van der Waals surface area contributed by atoms with E-state index < -0.39 is 67.1 Å². The topological polar surface area (TPSA) is 195 Å². The maximum atomic E-state index is 15.0. The van der Waals surface area contributed by atoms with Gasteiger partial charge in [-0.2, -0.15) is 0 Å². The molecule has 0 spiro atoms. The second-order valence-electron chi connectivity index (χ2n) is 11.1. The molecule has 45 heavy (non-hydrogen) atoms. The van der Waals surface area contributed by atoms with Crippen molar-refractivity contribution < 1.29 is 53.4 Å². The van der Waals surface area contributed by atoms with Gasteiger partial charge in [-0.1, -0.05) is 41.0 Å². The zero-order chi connectivity index (χ0) is 32.4. The van der Waals surface area contributed by atoms with Crippen LogP contribution in [0.15, 0.2) is 53.2 Å². The summed E-state index contributed by atoms with van der Waals surface area (Å²) in [7, 11) is 0. The number of amides is 1. The van der Waals surface area contributed by atoms with E-state index in [0.29, 0.717) is 16.1 Å². The lowest BCUT2D eigenvalue weighted by Crippen LogP contribution is -2.67. The third-order valence-electron chi connectivity index (χ3n) is 7.90. The predicted octanol–water partition coefficient (Wildman–Crippen LogP) is 1.04. The number of rotatable bonds is 9. The number of ether oxygens (including phenoxy) is 4. The highest BCUT2D eigenvalue weighted by atomic mass is 35.5. The van der Waals surface area contributed by atoms with E-state index in [0.717, 1.165) is 0 Å². The zero-order valence-corrected chi connectivity index (χ0v) is 25.1. The first-order valence-corrected chi connectivity index (χ1v) is 14.5. The number of oxime groups is 1. The molecule has 5 rings (SSSR count). The Bertz CT molecular complexity index is 1450. The Morgan fingerprint density at radius 1 is 1.09 bits per heavy atom. The molecule has 0 bridgehead atoms. The summed E-state index contributed by atoms with van der Waals surface area (Å²) in [4.78, 5) is 18.2. The maximum absolute atomic E-state index is 15.0. The number of carbonyl (C=O) groups is 1. The second kappa shape index (κ2) is 14.0. The van der Waals surface area contributed by atoms with Crippen molar-refractivity contribution in [2.45, 2.75) is 81.7 Å². The van der Waals surface area contributed by atoms with Gasteiger partial charge in [0.1, 0.15) is 61.9 Å². The molecule has 2 aromatic rings.